The molecule has 24 heavy (non-hydrogen) atoms. The Morgan fingerprint density at radius 2 is 2.04 bits per heavy atom. The number of nitrogens with zero attached hydrogens (tertiary/aromatic N) is 1. The minimum absolute atomic E-state index is 0.0800. The molecule has 0 unspecified atom stereocenters. The van der Waals surface area contributed by atoms with Gasteiger partial charge in [0.15, 0.2) is 0 Å². The van der Waals surface area contributed by atoms with Gasteiger partial charge in [-0.15, -0.1) is 11.3 Å². The Morgan fingerprint density at radius 1 is 1.29 bits per heavy atom. The fourth-order valence-corrected chi connectivity index (χ4v) is 3.98. The number of likely N-dealkylation sites (N-methyl/N-ethyl adjacent to an activating group) is 1. The molecule has 2 heterocycles. The molecule has 1 aromatic heterocycles. The molecule has 0 bridgehead atoms. The van der Waals surface area contributed by atoms with Crippen LogP contribution in [-0.4, -0.2) is 30.5 Å². The van der Waals surface area contributed by atoms with Gasteiger partial charge in [0.1, 0.15) is 5.82 Å². The van der Waals surface area contributed by atoms with E-state index in [1.165, 1.54) is 17.0 Å². The van der Waals surface area contributed by atoms with Gasteiger partial charge in [0.05, 0.1) is 12.5 Å². The van der Waals surface area contributed by atoms with Crippen molar-refractivity contribution in [3.8, 4) is 0 Å². The normalized spacial score (nSPS) is 20.8. The van der Waals surface area contributed by atoms with Crippen LogP contribution in [0.15, 0.2) is 36.4 Å². The van der Waals surface area contributed by atoms with Gasteiger partial charge in [0.25, 0.3) is 0 Å². The van der Waals surface area contributed by atoms with Crippen molar-refractivity contribution in [1.82, 2.24) is 4.90 Å². The van der Waals surface area contributed by atoms with Crippen molar-refractivity contribution in [2.24, 2.45) is 0 Å². The highest BCUT2D eigenvalue weighted by molar-refractivity contribution is 7.12. The Balaban J connectivity index is 1.62. The summed E-state index contributed by atoms with van der Waals surface area (Å²) in [7, 11) is 1.88. The van der Waals surface area contributed by atoms with Crippen LogP contribution in [-0.2, 0) is 16.0 Å². The highest BCUT2D eigenvalue weighted by Gasteiger charge is 2.29. The van der Waals surface area contributed by atoms with Gasteiger partial charge < -0.3 is 9.64 Å². The Hall–Kier alpha value is -1.72. The molecule has 3 nitrogen and oxygen atoms in total. The summed E-state index contributed by atoms with van der Waals surface area (Å²) >= 11 is 1.67. The number of rotatable bonds is 4. The Kier molecular flexibility index (Phi) is 5.31. The van der Waals surface area contributed by atoms with Crippen molar-refractivity contribution < 1.29 is 13.9 Å². The van der Waals surface area contributed by atoms with E-state index in [1.807, 2.05) is 31.0 Å². The van der Waals surface area contributed by atoms with Crippen LogP contribution in [0.2, 0.25) is 0 Å². The number of benzene rings is 1. The zero-order chi connectivity index (χ0) is 17.1. The second-order valence-corrected chi connectivity index (χ2v) is 7.66. The van der Waals surface area contributed by atoms with E-state index in [9.17, 15) is 9.18 Å². The molecule has 1 aliphatic rings. The average molecular weight is 347 g/mol. The Morgan fingerprint density at radius 3 is 2.71 bits per heavy atom. The van der Waals surface area contributed by atoms with Crippen LogP contribution in [0.3, 0.4) is 0 Å². The number of halogens is 1. The Bertz CT molecular complexity index is 698. The molecule has 3 rings (SSSR count). The van der Waals surface area contributed by atoms with Crippen LogP contribution >= 0.6 is 11.3 Å². The standard InChI is InChI=1S/C19H22FNO2S/c1-13-3-8-17(24-13)12-19(22)21(2)16-9-10-23-18(11-16)14-4-6-15(20)7-5-14/h3-8,16,18H,9-12H2,1-2H3/t16-,18+/m0/s1. The summed E-state index contributed by atoms with van der Waals surface area (Å²) in [5.41, 5.74) is 0.968. The topological polar surface area (TPSA) is 29.5 Å². The van der Waals surface area contributed by atoms with E-state index >= 15 is 0 Å². The fourth-order valence-electron chi connectivity index (χ4n) is 3.10. The smallest absolute Gasteiger partial charge is 0.227 e. The lowest BCUT2D eigenvalue weighted by atomic mass is 9.96. The van der Waals surface area contributed by atoms with Gasteiger partial charge in [-0.3, -0.25) is 4.79 Å². The highest BCUT2D eigenvalue weighted by atomic mass is 32.1. The van der Waals surface area contributed by atoms with Crippen LogP contribution in [0, 0.1) is 12.7 Å². The lowest BCUT2D eigenvalue weighted by Gasteiger charge is -2.35. The summed E-state index contributed by atoms with van der Waals surface area (Å²) in [5, 5.41) is 0. The van der Waals surface area contributed by atoms with E-state index in [4.69, 9.17) is 4.74 Å². The number of carbonyl (C=O) groups excluding carboxylic acids is 1. The predicted molar refractivity (Wildman–Crippen MR) is 93.6 cm³/mol. The summed E-state index contributed by atoms with van der Waals surface area (Å²) in [6.45, 7) is 2.66. The highest BCUT2D eigenvalue weighted by Crippen LogP contribution is 2.30. The van der Waals surface area contributed by atoms with E-state index in [2.05, 4.69) is 0 Å². The minimum Gasteiger partial charge on any atom is -0.373 e. The van der Waals surface area contributed by atoms with Gasteiger partial charge in [0.2, 0.25) is 5.91 Å². The van der Waals surface area contributed by atoms with Crippen molar-refractivity contribution in [3.63, 3.8) is 0 Å². The number of carbonyl (C=O) groups is 1. The minimum atomic E-state index is -0.246. The van der Waals surface area contributed by atoms with E-state index in [-0.39, 0.29) is 23.9 Å². The third-order valence-corrected chi connectivity index (χ3v) is 5.56. The molecule has 2 aromatic rings. The third kappa shape index (κ3) is 4.02. The van der Waals surface area contributed by atoms with Crippen LogP contribution in [0.25, 0.3) is 0 Å². The molecular weight excluding hydrogens is 325 g/mol. The first-order chi connectivity index (χ1) is 11.5. The molecule has 1 saturated heterocycles. The number of hydrogen-bond acceptors (Lipinski definition) is 3. The lowest BCUT2D eigenvalue weighted by molar-refractivity contribution is -0.134. The molecule has 2 atom stereocenters. The summed E-state index contributed by atoms with van der Waals surface area (Å²) in [6, 6.07) is 10.7. The van der Waals surface area contributed by atoms with E-state index < -0.39 is 0 Å². The van der Waals surface area contributed by atoms with Gasteiger partial charge in [-0.1, -0.05) is 12.1 Å². The summed E-state index contributed by atoms with van der Waals surface area (Å²) in [5.74, 6) is -0.105. The van der Waals surface area contributed by atoms with Gasteiger partial charge in [-0.05, 0) is 49.6 Å². The lowest BCUT2D eigenvalue weighted by Crippen LogP contribution is -2.42. The van der Waals surface area contributed by atoms with Crippen molar-refractivity contribution >= 4 is 17.2 Å². The number of aryl methyl sites for hydroxylation is 1. The molecule has 0 saturated carbocycles. The monoisotopic (exact) mass is 347 g/mol. The number of amides is 1. The van der Waals surface area contributed by atoms with E-state index in [1.54, 1.807) is 23.5 Å². The van der Waals surface area contributed by atoms with Crippen molar-refractivity contribution in [2.45, 2.75) is 38.3 Å². The van der Waals surface area contributed by atoms with E-state index in [0.717, 1.165) is 23.3 Å². The fraction of sp³-hybridized carbons (Fsp3) is 0.421. The second-order valence-electron chi connectivity index (χ2n) is 6.28. The zero-order valence-electron chi connectivity index (χ0n) is 14.0. The Labute approximate surface area is 146 Å². The molecular formula is C19H22FNO2S. The first-order valence-corrected chi connectivity index (χ1v) is 9.02. The quantitative estimate of drug-likeness (QED) is 0.833. The van der Waals surface area contributed by atoms with Gasteiger partial charge >= 0.3 is 0 Å². The molecule has 128 valence electrons. The number of thiophene rings is 1. The maximum atomic E-state index is 13.1. The molecule has 1 aromatic carbocycles. The molecule has 0 N–H and O–H groups in total. The van der Waals surface area contributed by atoms with Crippen LogP contribution in [0.4, 0.5) is 4.39 Å². The molecule has 1 amide bonds. The van der Waals surface area contributed by atoms with Crippen molar-refractivity contribution in [3.05, 3.63) is 57.5 Å². The average Bonchev–Trinajstić information content (AvgIpc) is 3.00. The van der Waals surface area contributed by atoms with Crippen molar-refractivity contribution in [2.75, 3.05) is 13.7 Å². The number of ether oxygens (including phenoxy) is 1. The first kappa shape index (κ1) is 17.1. The zero-order valence-corrected chi connectivity index (χ0v) is 14.8. The molecule has 0 spiro atoms. The first-order valence-electron chi connectivity index (χ1n) is 8.21. The molecule has 0 aliphatic carbocycles. The largest absolute Gasteiger partial charge is 0.373 e. The maximum absolute atomic E-state index is 13.1. The van der Waals surface area contributed by atoms with Gasteiger partial charge in [-0.25, -0.2) is 4.39 Å². The molecule has 1 fully saturated rings. The predicted octanol–water partition coefficient (Wildman–Crippen LogP) is 4.12. The van der Waals surface area contributed by atoms with Gasteiger partial charge in [-0.2, -0.15) is 0 Å². The summed E-state index contributed by atoms with van der Waals surface area (Å²) in [4.78, 5) is 16.7. The second kappa shape index (κ2) is 7.45. The SMILES string of the molecule is Cc1ccc(CC(=O)N(C)[C@H]2CCO[C@@H](c3ccc(F)cc3)C2)s1. The molecule has 0 radical (unpaired) electrons. The van der Waals surface area contributed by atoms with Crippen LogP contribution in [0.1, 0.15) is 34.3 Å². The molecule has 1 aliphatic heterocycles. The van der Waals surface area contributed by atoms with Crippen LogP contribution in [0.5, 0.6) is 0 Å². The maximum Gasteiger partial charge on any atom is 0.227 e. The third-order valence-electron chi connectivity index (χ3n) is 4.56. The van der Waals surface area contributed by atoms with Crippen LogP contribution < -0.4 is 0 Å². The van der Waals surface area contributed by atoms with E-state index in [0.29, 0.717) is 13.0 Å². The summed E-state index contributed by atoms with van der Waals surface area (Å²) < 4.78 is 18.9. The summed E-state index contributed by atoms with van der Waals surface area (Å²) in [6.07, 6.45) is 1.96. The van der Waals surface area contributed by atoms with Gasteiger partial charge in [0, 0.05) is 29.5 Å². The molecule has 5 heteroatoms. The van der Waals surface area contributed by atoms with Crippen molar-refractivity contribution in [1.29, 1.82) is 0 Å². The number of hydrogen-bond donors (Lipinski definition) is 0.